The molecule has 0 saturated heterocycles. The average Bonchev–Trinajstić information content (AvgIpc) is 3.47. The van der Waals surface area contributed by atoms with Crippen molar-refractivity contribution < 1.29 is 0 Å². The Kier molecular flexibility index (Phi) is 4.51. The summed E-state index contributed by atoms with van der Waals surface area (Å²) in [5.74, 6) is 0.815. The first-order chi connectivity index (χ1) is 18.4. The quantitative estimate of drug-likeness (QED) is 0.241. The fourth-order valence-corrected chi connectivity index (χ4v) is 7.16. The minimum absolute atomic E-state index is 0.263. The summed E-state index contributed by atoms with van der Waals surface area (Å²) in [6.45, 7) is 0. The molecular formula is C37H26. The molecule has 0 aromatic heterocycles. The van der Waals surface area contributed by atoms with E-state index in [4.69, 9.17) is 0 Å². The van der Waals surface area contributed by atoms with Crippen LogP contribution in [-0.2, 0) is 0 Å². The second kappa shape index (κ2) is 8.05. The molecule has 6 aromatic rings. The van der Waals surface area contributed by atoms with E-state index in [1.54, 1.807) is 0 Å². The van der Waals surface area contributed by atoms with Gasteiger partial charge in [-0.15, -0.1) is 0 Å². The summed E-state index contributed by atoms with van der Waals surface area (Å²) in [4.78, 5) is 0. The van der Waals surface area contributed by atoms with Crippen LogP contribution in [0.4, 0.5) is 0 Å². The molecule has 0 saturated carbocycles. The maximum atomic E-state index is 2.45. The molecule has 0 atom stereocenters. The Bertz CT molecular complexity index is 1620. The van der Waals surface area contributed by atoms with Crippen LogP contribution in [0.15, 0.2) is 140 Å². The third-order valence-corrected chi connectivity index (χ3v) is 8.64. The Hall–Kier alpha value is -4.42. The van der Waals surface area contributed by atoms with E-state index in [2.05, 4.69) is 140 Å². The van der Waals surface area contributed by atoms with Gasteiger partial charge >= 0.3 is 0 Å². The Morgan fingerprint density at radius 1 is 0.351 bits per heavy atom. The van der Waals surface area contributed by atoms with Crippen LogP contribution in [0, 0.1) is 0 Å². The summed E-state index contributed by atoms with van der Waals surface area (Å²) in [5, 5.41) is 2.61. The van der Waals surface area contributed by atoms with Gasteiger partial charge in [-0.05, 0) is 60.8 Å². The van der Waals surface area contributed by atoms with Crippen molar-refractivity contribution in [3.8, 4) is 22.3 Å². The van der Waals surface area contributed by atoms with Crippen LogP contribution in [0.25, 0.3) is 33.0 Å². The van der Waals surface area contributed by atoms with Gasteiger partial charge < -0.3 is 0 Å². The molecule has 0 radical (unpaired) electrons. The largest absolute Gasteiger partial charge is 0.0619 e. The van der Waals surface area contributed by atoms with Crippen molar-refractivity contribution in [2.24, 2.45) is 0 Å². The highest BCUT2D eigenvalue weighted by atomic mass is 14.5. The Morgan fingerprint density at radius 3 is 1.19 bits per heavy atom. The minimum atomic E-state index is 0.263. The lowest BCUT2D eigenvalue weighted by atomic mass is 9.69. The van der Waals surface area contributed by atoms with Crippen molar-refractivity contribution in [2.45, 2.75) is 17.8 Å². The minimum Gasteiger partial charge on any atom is -0.0619 e. The first-order valence-electron chi connectivity index (χ1n) is 13.2. The van der Waals surface area contributed by atoms with Crippen LogP contribution in [0.1, 0.15) is 45.6 Å². The summed E-state index contributed by atoms with van der Waals surface area (Å²) in [5.41, 5.74) is 12.7. The second-order valence-electron chi connectivity index (χ2n) is 10.4. The monoisotopic (exact) mass is 470 g/mol. The molecule has 0 spiro atoms. The average molecular weight is 471 g/mol. The van der Waals surface area contributed by atoms with Crippen LogP contribution >= 0.6 is 0 Å². The fraction of sp³-hybridized carbons (Fsp3) is 0.0811. The maximum absolute atomic E-state index is 2.45. The van der Waals surface area contributed by atoms with Crippen LogP contribution in [0.2, 0.25) is 0 Å². The molecular weight excluding hydrogens is 444 g/mol. The second-order valence-corrected chi connectivity index (χ2v) is 10.4. The highest BCUT2D eigenvalue weighted by Crippen LogP contribution is 2.60. The summed E-state index contributed by atoms with van der Waals surface area (Å²) >= 11 is 0. The summed E-state index contributed by atoms with van der Waals surface area (Å²) in [6.07, 6.45) is 0. The summed E-state index contributed by atoms with van der Waals surface area (Å²) in [7, 11) is 0. The summed E-state index contributed by atoms with van der Waals surface area (Å²) in [6, 6.07) is 52.2. The molecule has 37 heavy (non-hydrogen) atoms. The van der Waals surface area contributed by atoms with Gasteiger partial charge in [-0.3, -0.25) is 0 Å². The van der Waals surface area contributed by atoms with Crippen molar-refractivity contribution in [3.63, 3.8) is 0 Å². The molecule has 2 aliphatic rings. The lowest BCUT2D eigenvalue weighted by Gasteiger charge is -2.33. The topological polar surface area (TPSA) is 0 Å². The van der Waals surface area contributed by atoms with E-state index in [0.29, 0.717) is 0 Å². The van der Waals surface area contributed by atoms with Gasteiger partial charge in [0.1, 0.15) is 0 Å². The van der Waals surface area contributed by atoms with E-state index in [0.717, 1.165) is 0 Å². The lowest BCUT2D eigenvalue weighted by molar-refractivity contribution is 0.555. The molecule has 8 rings (SSSR count). The van der Waals surface area contributed by atoms with Crippen LogP contribution in [0.5, 0.6) is 0 Å². The van der Waals surface area contributed by atoms with E-state index >= 15 is 0 Å². The van der Waals surface area contributed by atoms with Crippen molar-refractivity contribution in [2.75, 3.05) is 0 Å². The van der Waals surface area contributed by atoms with Gasteiger partial charge in [-0.1, -0.05) is 140 Å². The molecule has 0 unspecified atom stereocenters. The number of hydrogen-bond acceptors (Lipinski definition) is 0. The van der Waals surface area contributed by atoms with E-state index < -0.39 is 0 Å². The number of benzene rings is 6. The third kappa shape index (κ3) is 3.02. The predicted octanol–water partition coefficient (Wildman–Crippen LogP) is 9.55. The zero-order valence-corrected chi connectivity index (χ0v) is 20.5. The van der Waals surface area contributed by atoms with E-state index in [1.807, 2.05) is 0 Å². The molecule has 0 bridgehead atoms. The third-order valence-electron chi connectivity index (χ3n) is 8.64. The Morgan fingerprint density at radius 2 is 0.730 bits per heavy atom. The van der Waals surface area contributed by atoms with Gasteiger partial charge in [-0.25, -0.2) is 0 Å². The zero-order valence-electron chi connectivity index (χ0n) is 20.5. The van der Waals surface area contributed by atoms with Crippen molar-refractivity contribution in [3.05, 3.63) is 167 Å². The molecule has 0 nitrogen and oxygen atoms in total. The van der Waals surface area contributed by atoms with E-state index in [1.165, 1.54) is 60.8 Å². The van der Waals surface area contributed by atoms with Crippen LogP contribution < -0.4 is 0 Å². The zero-order chi connectivity index (χ0) is 24.3. The molecule has 0 heteroatoms. The van der Waals surface area contributed by atoms with Gasteiger partial charge in [0, 0.05) is 17.8 Å². The van der Waals surface area contributed by atoms with Crippen LogP contribution in [0.3, 0.4) is 0 Å². The molecule has 0 N–H and O–H groups in total. The van der Waals surface area contributed by atoms with E-state index in [-0.39, 0.29) is 17.8 Å². The first kappa shape index (κ1) is 20.7. The molecule has 0 aliphatic heterocycles. The van der Waals surface area contributed by atoms with Crippen molar-refractivity contribution in [1.82, 2.24) is 0 Å². The Labute approximate surface area is 217 Å². The highest BCUT2D eigenvalue weighted by Gasteiger charge is 2.43. The highest BCUT2D eigenvalue weighted by molar-refractivity contribution is 5.85. The van der Waals surface area contributed by atoms with E-state index in [9.17, 15) is 0 Å². The van der Waals surface area contributed by atoms with Gasteiger partial charge in [0.25, 0.3) is 0 Å². The van der Waals surface area contributed by atoms with Gasteiger partial charge in [0.15, 0.2) is 0 Å². The predicted molar refractivity (Wildman–Crippen MR) is 154 cm³/mol. The molecule has 0 heterocycles. The standard InChI is InChI=1S/C37H26/c1-2-12-25-23-26(22-21-24(25)11-1)35(36-31-17-7-3-13-27(31)28-14-4-8-18-32(28)36)37-33-19-9-5-15-29(33)30-16-6-10-20-34(30)37/h1-23,35-37H. The molecule has 0 amide bonds. The first-order valence-corrected chi connectivity index (χ1v) is 13.2. The normalized spacial score (nSPS) is 14.0. The molecule has 174 valence electrons. The lowest BCUT2D eigenvalue weighted by Crippen LogP contribution is -2.19. The molecule has 2 aliphatic carbocycles. The Balaban J connectivity index is 1.44. The van der Waals surface area contributed by atoms with Gasteiger partial charge in [0.2, 0.25) is 0 Å². The van der Waals surface area contributed by atoms with Crippen molar-refractivity contribution in [1.29, 1.82) is 0 Å². The molecule has 0 fully saturated rings. The number of rotatable bonds is 3. The van der Waals surface area contributed by atoms with Gasteiger partial charge in [-0.2, -0.15) is 0 Å². The van der Waals surface area contributed by atoms with Crippen molar-refractivity contribution >= 4 is 10.8 Å². The number of fused-ring (bicyclic) bond motifs is 7. The fourth-order valence-electron chi connectivity index (χ4n) is 7.16. The maximum Gasteiger partial charge on any atom is 0.0179 e. The number of hydrogen-bond donors (Lipinski definition) is 0. The van der Waals surface area contributed by atoms with Gasteiger partial charge in [0.05, 0.1) is 0 Å². The summed E-state index contributed by atoms with van der Waals surface area (Å²) < 4.78 is 0. The molecule has 6 aromatic carbocycles. The SMILES string of the molecule is c1ccc2c(c1)-c1ccccc1C2C(c1ccc2ccccc2c1)C1c2ccccc2-c2ccccc21. The van der Waals surface area contributed by atoms with Crippen LogP contribution in [-0.4, -0.2) is 0 Å². The smallest absolute Gasteiger partial charge is 0.0179 e.